The third-order valence-electron chi connectivity index (χ3n) is 2.94. The van der Waals surface area contributed by atoms with Crippen LogP contribution in [0.2, 0.25) is 0 Å². The molecule has 0 radical (unpaired) electrons. The van der Waals surface area contributed by atoms with E-state index in [0.717, 1.165) is 35.3 Å². The lowest BCUT2D eigenvalue weighted by molar-refractivity contribution is 0.0952. The molecule has 0 amide bonds. The van der Waals surface area contributed by atoms with Gasteiger partial charge in [0.05, 0.1) is 22.8 Å². The number of hydrogen-bond acceptors (Lipinski definition) is 3. The van der Waals surface area contributed by atoms with Crippen LogP contribution in [0.1, 0.15) is 24.2 Å². The Kier molecular flexibility index (Phi) is 3.44. The van der Waals surface area contributed by atoms with Gasteiger partial charge >= 0.3 is 5.69 Å². The van der Waals surface area contributed by atoms with E-state index < -0.39 is 0 Å². The maximum absolute atomic E-state index is 11.8. The molecule has 0 N–H and O–H groups in total. The summed E-state index contributed by atoms with van der Waals surface area (Å²) in [6.45, 7) is 5.17. The normalized spacial score (nSPS) is 20.3. The molecule has 1 atom stereocenters. The maximum atomic E-state index is 11.8. The largest absolute Gasteiger partial charge is 0.376 e. The molecule has 5 heteroatoms. The minimum absolute atomic E-state index is 0.160. The van der Waals surface area contributed by atoms with Crippen LogP contribution in [-0.2, 0) is 11.3 Å². The van der Waals surface area contributed by atoms with Crippen LogP contribution in [-0.4, -0.2) is 22.3 Å². The summed E-state index contributed by atoms with van der Waals surface area (Å²) in [7, 11) is 0. The van der Waals surface area contributed by atoms with Gasteiger partial charge in [0.1, 0.15) is 0 Å². The Morgan fingerprint density at radius 1 is 1.56 bits per heavy atom. The molecule has 1 aromatic heterocycles. The summed E-state index contributed by atoms with van der Waals surface area (Å²) in [4.78, 5) is 15.8. The second-order valence-electron chi connectivity index (χ2n) is 4.12. The molecule has 1 fully saturated rings. The first-order chi connectivity index (χ1) is 7.59. The van der Waals surface area contributed by atoms with E-state index in [9.17, 15) is 4.79 Å². The highest BCUT2D eigenvalue weighted by molar-refractivity contribution is 9.10. The average molecular weight is 287 g/mol. The Labute approximate surface area is 103 Å². The number of aromatic nitrogens is 2. The fourth-order valence-corrected chi connectivity index (χ4v) is 2.29. The van der Waals surface area contributed by atoms with Crippen LogP contribution in [0, 0.1) is 13.8 Å². The van der Waals surface area contributed by atoms with Crippen LogP contribution < -0.4 is 5.69 Å². The highest BCUT2D eigenvalue weighted by Gasteiger charge is 2.18. The van der Waals surface area contributed by atoms with Crippen LogP contribution in [0.5, 0.6) is 0 Å². The summed E-state index contributed by atoms with van der Waals surface area (Å²) in [6, 6.07) is 0. The van der Waals surface area contributed by atoms with Gasteiger partial charge in [0.25, 0.3) is 0 Å². The van der Waals surface area contributed by atoms with E-state index in [1.165, 1.54) is 0 Å². The average Bonchev–Trinajstić information content (AvgIpc) is 2.74. The van der Waals surface area contributed by atoms with Gasteiger partial charge < -0.3 is 4.74 Å². The zero-order valence-corrected chi connectivity index (χ0v) is 11.1. The molecule has 16 heavy (non-hydrogen) atoms. The molecule has 1 aliphatic heterocycles. The highest BCUT2D eigenvalue weighted by atomic mass is 79.9. The van der Waals surface area contributed by atoms with Gasteiger partial charge in [-0.15, -0.1) is 0 Å². The molecule has 1 aromatic rings. The van der Waals surface area contributed by atoms with Crippen molar-refractivity contribution >= 4 is 15.9 Å². The van der Waals surface area contributed by atoms with Crippen molar-refractivity contribution in [3.05, 3.63) is 26.3 Å². The summed E-state index contributed by atoms with van der Waals surface area (Å²) in [5, 5.41) is 0. The van der Waals surface area contributed by atoms with Crippen molar-refractivity contribution in [3.63, 3.8) is 0 Å². The minimum atomic E-state index is -0.186. The van der Waals surface area contributed by atoms with Crippen molar-refractivity contribution in [1.29, 1.82) is 0 Å². The molecule has 1 aliphatic rings. The van der Waals surface area contributed by atoms with Gasteiger partial charge in [-0.05, 0) is 42.6 Å². The molecular formula is C11H15BrN2O2. The lowest BCUT2D eigenvalue weighted by Crippen LogP contribution is -2.31. The van der Waals surface area contributed by atoms with Crippen molar-refractivity contribution in [3.8, 4) is 0 Å². The van der Waals surface area contributed by atoms with E-state index in [1.807, 2.05) is 13.8 Å². The third kappa shape index (κ3) is 2.20. The zero-order chi connectivity index (χ0) is 11.7. The van der Waals surface area contributed by atoms with Crippen LogP contribution in [0.3, 0.4) is 0 Å². The van der Waals surface area contributed by atoms with Gasteiger partial charge in [-0.3, -0.25) is 4.57 Å². The van der Waals surface area contributed by atoms with E-state index in [-0.39, 0.29) is 11.8 Å². The minimum Gasteiger partial charge on any atom is -0.376 e. The van der Waals surface area contributed by atoms with Gasteiger partial charge in [-0.1, -0.05) is 0 Å². The Hall–Kier alpha value is -0.680. The third-order valence-corrected chi connectivity index (χ3v) is 4.09. The number of nitrogens with zero attached hydrogens (tertiary/aromatic N) is 2. The zero-order valence-electron chi connectivity index (χ0n) is 9.49. The van der Waals surface area contributed by atoms with Crippen molar-refractivity contribution < 1.29 is 4.74 Å². The second kappa shape index (κ2) is 4.67. The first-order valence-corrected chi connectivity index (χ1v) is 6.24. The molecule has 2 rings (SSSR count). The fourth-order valence-electron chi connectivity index (χ4n) is 1.98. The fraction of sp³-hybridized carbons (Fsp3) is 0.636. The van der Waals surface area contributed by atoms with Gasteiger partial charge in [-0.2, -0.15) is 4.98 Å². The predicted octanol–water partition coefficient (Wildman–Crippen LogP) is 1.80. The van der Waals surface area contributed by atoms with Gasteiger partial charge in [-0.25, -0.2) is 4.79 Å². The van der Waals surface area contributed by atoms with E-state index >= 15 is 0 Å². The predicted molar refractivity (Wildman–Crippen MR) is 64.6 cm³/mol. The summed E-state index contributed by atoms with van der Waals surface area (Å²) < 4.78 is 8.13. The lowest BCUT2D eigenvalue weighted by atomic mass is 10.2. The SMILES string of the molecule is Cc1nc(=O)n(CC2CCCO2)c(C)c1Br. The van der Waals surface area contributed by atoms with Crippen LogP contribution in [0.25, 0.3) is 0 Å². The molecule has 0 aromatic carbocycles. The molecule has 0 aliphatic carbocycles. The first-order valence-electron chi connectivity index (χ1n) is 5.44. The van der Waals surface area contributed by atoms with E-state index in [2.05, 4.69) is 20.9 Å². The summed E-state index contributed by atoms with van der Waals surface area (Å²) >= 11 is 3.45. The number of halogens is 1. The van der Waals surface area contributed by atoms with Crippen LogP contribution in [0.15, 0.2) is 9.27 Å². The maximum Gasteiger partial charge on any atom is 0.348 e. The smallest absolute Gasteiger partial charge is 0.348 e. The van der Waals surface area contributed by atoms with Gasteiger partial charge in [0.2, 0.25) is 0 Å². The molecule has 4 nitrogen and oxygen atoms in total. The van der Waals surface area contributed by atoms with Crippen molar-refractivity contribution in [1.82, 2.24) is 9.55 Å². The molecule has 88 valence electrons. The monoisotopic (exact) mass is 286 g/mol. The highest BCUT2D eigenvalue weighted by Crippen LogP contribution is 2.19. The molecule has 1 unspecified atom stereocenters. The summed E-state index contributed by atoms with van der Waals surface area (Å²) in [5.41, 5.74) is 1.48. The van der Waals surface area contributed by atoms with Gasteiger partial charge in [0.15, 0.2) is 0 Å². The van der Waals surface area contributed by atoms with Crippen LogP contribution in [0.4, 0.5) is 0 Å². The molecule has 0 spiro atoms. The number of rotatable bonds is 2. The van der Waals surface area contributed by atoms with Gasteiger partial charge in [0, 0.05) is 12.3 Å². The van der Waals surface area contributed by atoms with E-state index in [1.54, 1.807) is 4.57 Å². The second-order valence-corrected chi connectivity index (χ2v) is 4.92. The lowest BCUT2D eigenvalue weighted by Gasteiger charge is -2.15. The molecule has 0 saturated carbocycles. The van der Waals surface area contributed by atoms with E-state index in [0.29, 0.717) is 6.54 Å². The molecule has 2 heterocycles. The standard InChI is InChI=1S/C11H15BrN2O2/c1-7-10(12)8(2)14(11(15)13-7)6-9-4-3-5-16-9/h9H,3-6H2,1-2H3. The summed E-state index contributed by atoms with van der Waals surface area (Å²) in [5.74, 6) is 0. The van der Waals surface area contributed by atoms with E-state index in [4.69, 9.17) is 4.74 Å². The van der Waals surface area contributed by atoms with Crippen molar-refractivity contribution in [2.75, 3.05) is 6.61 Å². The molecule has 0 bridgehead atoms. The molecule has 1 saturated heterocycles. The Morgan fingerprint density at radius 2 is 2.31 bits per heavy atom. The quantitative estimate of drug-likeness (QED) is 0.833. The van der Waals surface area contributed by atoms with Crippen LogP contribution >= 0.6 is 15.9 Å². The Morgan fingerprint density at radius 3 is 2.94 bits per heavy atom. The Balaban J connectivity index is 2.32. The van der Waals surface area contributed by atoms with Crippen molar-refractivity contribution in [2.24, 2.45) is 0 Å². The summed E-state index contributed by atoms with van der Waals surface area (Å²) in [6.07, 6.45) is 2.27. The topological polar surface area (TPSA) is 44.1 Å². The first kappa shape index (κ1) is 11.8. The Bertz CT molecular complexity index is 450. The number of ether oxygens (including phenoxy) is 1. The number of aryl methyl sites for hydroxylation is 1. The number of hydrogen-bond donors (Lipinski definition) is 0. The molecular weight excluding hydrogens is 272 g/mol. The van der Waals surface area contributed by atoms with Crippen molar-refractivity contribution in [2.45, 2.75) is 39.3 Å².